The van der Waals surface area contributed by atoms with Gasteiger partial charge in [0.15, 0.2) is 0 Å². The Kier molecular flexibility index (Phi) is 5.55. The fourth-order valence-corrected chi connectivity index (χ4v) is 4.12. The lowest BCUT2D eigenvalue weighted by molar-refractivity contribution is 0.267. The third kappa shape index (κ3) is 4.10. The molecule has 1 aliphatic carbocycles. The van der Waals surface area contributed by atoms with Crippen LogP contribution in [-0.2, 0) is 6.42 Å². The number of hydrogen-bond acceptors (Lipinski definition) is 0. The molecule has 1 saturated carbocycles. The van der Waals surface area contributed by atoms with Crippen LogP contribution in [-0.4, -0.2) is 5.33 Å². The van der Waals surface area contributed by atoms with Crippen LogP contribution in [0.5, 0.6) is 0 Å². The van der Waals surface area contributed by atoms with Gasteiger partial charge in [-0.15, -0.1) is 0 Å². The van der Waals surface area contributed by atoms with Gasteiger partial charge in [-0.25, -0.2) is 0 Å². The minimum Gasteiger partial charge on any atom is -0.0925 e. The number of alkyl halides is 1. The number of hydrogen-bond donors (Lipinski definition) is 0. The summed E-state index contributed by atoms with van der Waals surface area (Å²) >= 11 is 7.27. The van der Waals surface area contributed by atoms with E-state index in [4.69, 9.17) is 0 Å². The first-order valence-electron chi connectivity index (χ1n) is 6.60. The van der Waals surface area contributed by atoms with Crippen molar-refractivity contribution in [1.29, 1.82) is 0 Å². The summed E-state index contributed by atoms with van der Waals surface area (Å²) in [6.07, 6.45) is 8.41. The van der Waals surface area contributed by atoms with Crippen LogP contribution in [0.4, 0.5) is 0 Å². The third-order valence-electron chi connectivity index (χ3n) is 3.90. The Hall–Kier alpha value is 0.180. The molecular formula is C15H20Br2. The molecule has 0 amide bonds. The zero-order valence-electron chi connectivity index (χ0n) is 10.2. The summed E-state index contributed by atoms with van der Waals surface area (Å²) in [4.78, 5) is 0. The maximum atomic E-state index is 3.72. The lowest BCUT2D eigenvalue weighted by Crippen LogP contribution is -2.21. The average Bonchev–Trinajstić information content (AvgIpc) is 2.37. The smallest absolute Gasteiger partial charge is 0.0177 e. The van der Waals surface area contributed by atoms with Gasteiger partial charge >= 0.3 is 0 Å². The minimum atomic E-state index is 0.810. The molecular weight excluding hydrogens is 340 g/mol. The molecule has 0 nitrogen and oxygen atoms in total. The van der Waals surface area contributed by atoms with Gasteiger partial charge in [0.05, 0.1) is 0 Å². The van der Waals surface area contributed by atoms with Crippen LogP contribution >= 0.6 is 31.9 Å². The summed E-state index contributed by atoms with van der Waals surface area (Å²) in [7, 11) is 0. The normalized spacial score (nSPS) is 19.2. The maximum Gasteiger partial charge on any atom is 0.0177 e. The van der Waals surface area contributed by atoms with Gasteiger partial charge in [-0.2, -0.15) is 0 Å². The van der Waals surface area contributed by atoms with Crippen molar-refractivity contribution >= 4 is 31.9 Å². The highest BCUT2D eigenvalue weighted by Crippen LogP contribution is 2.33. The van der Waals surface area contributed by atoms with Crippen molar-refractivity contribution in [3.8, 4) is 0 Å². The van der Waals surface area contributed by atoms with Crippen molar-refractivity contribution in [2.75, 3.05) is 5.33 Å². The molecule has 0 bridgehead atoms. The van der Waals surface area contributed by atoms with E-state index in [1.807, 2.05) is 0 Å². The van der Waals surface area contributed by atoms with Crippen LogP contribution in [0.2, 0.25) is 0 Å². The van der Waals surface area contributed by atoms with Crippen LogP contribution in [0.15, 0.2) is 28.7 Å². The fraction of sp³-hybridized carbons (Fsp3) is 0.600. The van der Waals surface area contributed by atoms with Gasteiger partial charge in [0.25, 0.3) is 0 Å². The number of halogens is 2. The molecule has 17 heavy (non-hydrogen) atoms. The van der Waals surface area contributed by atoms with Gasteiger partial charge in [-0.1, -0.05) is 76.1 Å². The van der Waals surface area contributed by atoms with Gasteiger partial charge in [-0.3, -0.25) is 0 Å². The molecule has 0 N–H and O–H groups in total. The van der Waals surface area contributed by atoms with Crippen LogP contribution in [0.1, 0.15) is 37.7 Å². The van der Waals surface area contributed by atoms with Crippen molar-refractivity contribution in [3.63, 3.8) is 0 Å². The Morgan fingerprint density at radius 1 is 1.18 bits per heavy atom. The van der Waals surface area contributed by atoms with Crippen LogP contribution in [0, 0.1) is 11.8 Å². The van der Waals surface area contributed by atoms with Crippen LogP contribution in [0.3, 0.4) is 0 Å². The summed E-state index contributed by atoms with van der Waals surface area (Å²) < 4.78 is 1.20. The first-order chi connectivity index (χ1) is 8.29. The Bertz CT molecular complexity index is 343. The highest BCUT2D eigenvalue weighted by Gasteiger charge is 2.22. The largest absolute Gasteiger partial charge is 0.0925 e. The van der Waals surface area contributed by atoms with E-state index in [0.29, 0.717) is 0 Å². The minimum absolute atomic E-state index is 0.810. The van der Waals surface area contributed by atoms with Crippen molar-refractivity contribution in [3.05, 3.63) is 34.3 Å². The first kappa shape index (κ1) is 13.6. The van der Waals surface area contributed by atoms with Crippen molar-refractivity contribution in [1.82, 2.24) is 0 Å². The molecule has 1 atom stereocenters. The van der Waals surface area contributed by atoms with Gasteiger partial charge in [-0.05, 0) is 36.0 Å². The Labute approximate surface area is 121 Å². The van der Waals surface area contributed by atoms with Gasteiger partial charge < -0.3 is 0 Å². The summed E-state index contributed by atoms with van der Waals surface area (Å²) in [5, 5.41) is 1.14. The molecule has 0 spiro atoms. The second-order valence-corrected chi connectivity index (χ2v) is 6.71. The van der Waals surface area contributed by atoms with E-state index in [2.05, 4.69) is 56.1 Å². The number of benzene rings is 1. The summed E-state index contributed by atoms with van der Waals surface area (Å²) in [5.74, 6) is 1.74. The molecule has 0 aromatic heterocycles. The Morgan fingerprint density at radius 2 is 1.94 bits per heavy atom. The van der Waals surface area contributed by atoms with E-state index in [0.717, 1.165) is 17.2 Å². The molecule has 1 aromatic rings. The zero-order valence-corrected chi connectivity index (χ0v) is 13.3. The van der Waals surface area contributed by atoms with Crippen molar-refractivity contribution in [2.24, 2.45) is 11.8 Å². The van der Waals surface area contributed by atoms with Crippen molar-refractivity contribution in [2.45, 2.75) is 38.5 Å². The predicted octanol–water partition coefficient (Wildman–Crippen LogP) is 5.58. The molecule has 1 aliphatic rings. The van der Waals surface area contributed by atoms with E-state index < -0.39 is 0 Å². The molecule has 2 heteroatoms. The second-order valence-electron chi connectivity index (χ2n) is 5.15. The molecule has 0 heterocycles. The second kappa shape index (κ2) is 6.94. The highest BCUT2D eigenvalue weighted by atomic mass is 79.9. The average molecular weight is 360 g/mol. The SMILES string of the molecule is BrCC(Cc1cccc(Br)c1)C1CCCCC1. The third-order valence-corrected chi connectivity index (χ3v) is 5.23. The summed E-state index contributed by atoms with van der Waals surface area (Å²) in [5.41, 5.74) is 1.47. The van der Waals surface area contributed by atoms with E-state index >= 15 is 0 Å². The van der Waals surface area contributed by atoms with Crippen molar-refractivity contribution < 1.29 is 0 Å². The molecule has 0 saturated heterocycles. The zero-order chi connectivity index (χ0) is 12.1. The van der Waals surface area contributed by atoms with Gasteiger partial charge in [0, 0.05) is 9.80 Å². The van der Waals surface area contributed by atoms with Crippen LogP contribution < -0.4 is 0 Å². The molecule has 0 aliphatic heterocycles. The molecule has 94 valence electrons. The maximum absolute atomic E-state index is 3.72. The quantitative estimate of drug-likeness (QED) is 0.615. The van der Waals surface area contributed by atoms with E-state index in [1.165, 1.54) is 48.6 Å². The predicted molar refractivity (Wildman–Crippen MR) is 81.7 cm³/mol. The lowest BCUT2D eigenvalue weighted by atomic mass is 9.78. The molecule has 0 radical (unpaired) electrons. The summed E-state index contributed by atoms with van der Waals surface area (Å²) in [6.45, 7) is 0. The number of rotatable bonds is 4. The van der Waals surface area contributed by atoms with Gasteiger partial charge in [0.1, 0.15) is 0 Å². The van der Waals surface area contributed by atoms with Crippen LogP contribution in [0.25, 0.3) is 0 Å². The molecule has 1 fully saturated rings. The van der Waals surface area contributed by atoms with E-state index in [9.17, 15) is 0 Å². The monoisotopic (exact) mass is 358 g/mol. The van der Waals surface area contributed by atoms with E-state index in [-0.39, 0.29) is 0 Å². The Morgan fingerprint density at radius 3 is 2.59 bits per heavy atom. The molecule has 1 aromatic carbocycles. The van der Waals surface area contributed by atoms with Gasteiger partial charge in [0.2, 0.25) is 0 Å². The molecule has 2 rings (SSSR count). The fourth-order valence-electron chi connectivity index (χ4n) is 2.92. The molecule has 1 unspecified atom stereocenters. The first-order valence-corrected chi connectivity index (χ1v) is 8.51. The highest BCUT2D eigenvalue weighted by molar-refractivity contribution is 9.10. The summed E-state index contributed by atoms with van der Waals surface area (Å²) in [6, 6.07) is 8.76. The topological polar surface area (TPSA) is 0 Å². The standard InChI is InChI=1S/C15H20Br2/c16-11-14(13-6-2-1-3-7-13)9-12-5-4-8-15(17)10-12/h4-5,8,10,13-14H,1-3,6-7,9,11H2. The lowest BCUT2D eigenvalue weighted by Gasteiger charge is -2.29. The Balaban J connectivity index is 1.98. The van der Waals surface area contributed by atoms with E-state index in [1.54, 1.807) is 0 Å².